The minimum atomic E-state index is -0.171. The van der Waals surface area contributed by atoms with E-state index in [1.165, 1.54) is 0 Å². The maximum atomic E-state index is 12.4. The first-order valence-corrected chi connectivity index (χ1v) is 10.9. The monoisotopic (exact) mass is 438 g/mol. The van der Waals surface area contributed by atoms with Crippen LogP contribution < -0.4 is 14.9 Å². The lowest BCUT2D eigenvalue weighted by Crippen LogP contribution is -2.19. The van der Waals surface area contributed by atoms with Gasteiger partial charge >= 0.3 is 0 Å². The van der Waals surface area contributed by atoms with Crippen molar-refractivity contribution in [1.29, 1.82) is 0 Å². The molecule has 4 rings (SSSR count). The second kappa shape index (κ2) is 11.0. The zero-order valence-electron chi connectivity index (χ0n) is 18.5. The average molecular weight is 439 g/mol. The van der Waals surface area contributed by atoms with Crippen LogP contribution in [0.3, 0.4) is 0 Å². The predicted molar refractivity (Wildman–Crippen MR) is 132 cm³/mol. The van der Waals surface area contributed by atoms with Gasteiger partial charge in [-0.15, -0.1) is 0 Å². The molecule has 4 aromatic carbocycles. The van der Waals surface area contributed by atoms with Crippen LogP contribution in [-0.4, -0.2) is 18.7 Å². The topological polar surface area (TPSA) is 59.9 Å². The summed E-state index contributed by atoms with van der Waals surface area (Å²) in [5, 5.41) is 6.31. The SMILES string of the molecule is CCOc1cc(/C=N/NC(=O)Cc2cccc3ccccc23)ccc1OCc1ccccc1. The zero-order chi connectivity index (χ0) is 22.9. The van der Waals surface area contributed by atoms with Gasteiger partial charge in [-0.2, -0.15) is 5.10 Å². The lowest BCUT2D eigenvalue weighted by atomic mass is 10.0. The third-order valence-corrected chi connectivity index (χ3v) is 5.14. The minimum absolute atomic E-state index is 0.171. The number of amides is 1. The second-order valence-electron chi connectivity index (χ2n) is 7.52. The third kappa shape index (κ3) is 5.98. The van der Waals surface area contributed by atoms with Crippen LogP contribution in [0.5, 0.6) is 11.5 Å². The molecule has 166 valence electrons. The summed E-state index contributed by atoms with van der Waals surface area (Å²) in [6, 6.07) is 29.6. The van der Waals surface area contributed by atoms with Crippen LogP contribution in [0.25, 0.3) is 10.8 Å². The molecule has 0 aromatic heterocycles. The number of nitrogens with one attached hydrogen (secondary N) is 1. The highest BCUT2D eigenvalue weighted by atomic mass is 16.5. The van der Waals surface area contributed by atoms with Gasteiger partial charge in [0.05, 0.1) is 19.2 Å². The maximum absolute atomic E-state index is 12.4. The fourth-order valence-corrected chi connectivity index (χ4v) is 3.57. The molecule has 0 spiro atoms. The van der Waals surface area contributed by atoms with Gasteiger partial charge in [0.1, 0.15) is 6.61 Å². The fourth-order valence-electron chi connectivity index (χ4n) is 3.57. The number of rotatable bonds is 9. The molecule has 4 aromatic rings. The number of carbonyl (C=O) groups excluding carboxylic acids is 1. The minimum Gasteiger partial charge on any atom is -0.490 e. The Morgan fingerprint density at radius 1 is 0.879 bits per heavy atom. The summed E-state index contributed by atoms with van der Waals surface area (Å²) < 4.78 is 11.7. The summed E-state index contributed by atoms with van der Waals surface area (Å²) in [6.45, 7) is 2.90. The largest absolute Gasteiger partial charge is 0.490 e. The Kier molecular flexibility index (Phi) is 7.33. The number of hydrazone groups is 1. The van der Waals surface area contributed by atoms with E-state index >= 15 is 0 Å². The van der Waals surface area contributed by atoms with Gasteiger partial charge in [-0.3, -0.25) is 4.79 Å². The third-order valence-electron chi connectivity index (χ3n) is 5.14. The van der Waals surface area contributed by atoms with E-state index in [9.17, 15) is 4.79 Å². The van der Waals surface area contributed by atoms with E-state index in [1.54, 1.807) is 6.21 Å². The molecule has 0 fully saturated rings. The van der Waals surface area contributed by atoms with E-state index in [0.29, 0.717) is 24.7 Å². The van der Waals surface area contributed by atoms with Crippen molar-refractivity contribution in [3.05, 3.63) is 108 Å². The Morgan fingerprint density at radius 3 is 2.52 bits per heavy atom. The Balaban J connectivity index is 1.38. The molecule has 1 amide bonds. The highest BCUT2D eigenvalue weighted by molar-refractivity contribution is 5.90. The van der Waals surface area contributed by atoms with Crippen molar-refractivity contribution in [2.45, 2.75) is 20.0 Å². The molecule has 33 heavy (non-hydrogen) atoms. The van der Waals surface area contributed by atoms with Gasteiger partial charge in [-0.25, -0.2) is 5.43 Å². The summed E-state index contributed by atoms with van der Waals surface area (Å²) in [5.74, 6) is 1.13. The Hall–Kier alpha value is -4.12. The van der Waals surface area contributed by atoms with Gasteiger partial charge < -0.3 is 9.47 Å². The quantitative estimate of drug-likeness (QED) is 0.277. The number of nitrogens with zero attached hydrogens (tertiary/aromatic N) is 1. The Morgan fingerprint density at radius 2 is 1.67 bits per heavy atom. The normalized spacial score (nSPS) is 10.9. The van der Waals surface area contributed by atoms with Crippen LogP contribution in [0.15, 0.2) is 96.1 Å². The molecule has 0 bridgehead atoms. The molecule has 0 unspecified atom stereocenters. The molecule has 0 saturated heterocycles. The molecule has 1 N–H and O–H groups in total. The van der Waals surface area contributed by atoms with Gasteiger partial charge in [0, 0.05) is 0 Å². The summed E-state index contributed by atoms with van der Waals surface area (Å²) in [4.78, 5) is 12.4. The predicted octanol–water partition coefficient (Wildman–Crippen LogP) is 5.51. The van der Waals surface area contributed by atoms with E-state index in [0.717, 1.165) is 27.5 Å². The van der Waals surface area contributed by atoms with Crippen molar-refractivity contribution in [2.75, 3.05) is 6.61 Å². The zero-order valence-corrected chi connectivity index (χ0v) is 18.5. The number of benzene rings is 4. The van der Waals surface area contributed by atoms with Crippen molar-refractivity contribution < 1.29 is 14.3 Å². The van der Waals surface area contributed by atoms with E-state index < -0.39 is 0 Å². The van der Waals surface area contributed by atoms with Crippen molar-refractivity contribution in [3.8, 4) is 11.5 Å². The fraction of sp³-hybridized carbons (Fsp3) is 0.143. The molecular weight excluding hydrogens is 412 g/mol. The number of hydrogen-bond donors (Lipinski definition) is 1. The van der Waals surface area contributed by atoms with Crippen LogP contribution in [0.1, 0.15) is 23.6 Å². The number of fused-ring (bicyclic) bond motifs is 1. The highest BCUT2D eigenvalue weighted by Crippen LogP contribution is 2.29. The number of ether oxygens (including phenoxy) is 2. The lowest BCUT2D eigenvalue weighted by Gasteiger charge is -2.12. The van der Waals surface area contributed by atoms with E-state index in [-0.39, 0.29) is 12.3 Å². The summed E-state index contributed by atoms with van der Waals surface area (Å²) in [5.41, 5.74) is 5.47. The van der Waals surface area contributed by atoms with Crippen molar-refractivity contribution in [2.24, 2.45) is 5.10 Å². The maximum Gasteiger partial charge on any atom is 0.244 e. The Bertz CT molecular complexity index is 1250. The summed E-state index contributed by atoms with van der Waals surface area (Å²) in [7, 11) is 0. The summed E-state index contributed by atoms with van der Waals surface area (Å²) >= 11 is 0. The van der Waals surface area contributed by atoms with Gasteiger partial charge in [0.25, 0.3) is 0 Å². The van der Waals surface area contributed by atoms with Gasteiger partial charge in [-0.05, 0) is 52.6 Å². The molecule has 0 saturated carbocycles. The van der Waals surface area contributed by atoms with Gasteiger partial charge in [-0.1, -0.05) is 72.8 Å². The molecular formula is C28H26N2O3. The van der Waals surface area contributed by atoms with E-state index in [4.69, 9.17) is 9.47 Å². The first kappa shape index (κ1) is 22.1. The molecule has 0 atom stereocenters. The number of hydrogen-bond acceptors (Lipinski definition) is 4. The standard InChI is InChI=1S/C28H26N2O3/c1-2-32-27-17-22(15-16-26(27)33-20-21-9-4-3-5-10-21)19-29-30-28(31)18-24-13-8-12-23-11-6-7-14-25(23)24/h3-17,19H,2,18,20H2,1H3,(H,30,31)/b29-19+. The first-order valence-electron chi connectivity index (χ1n) is 10.9. The molecule has 5 heteroatoms. The van der Waals surface area contributed by atoms with Crippen molar-refractivity contribution in [1.82, 2.24) is 5.43 Å². The molecule has 0 heterocycles. The Labute approximate surface area is 193 Å². The van der Waals surface area contributed by atoms with Crippen LogP contribution in [0.4, 0.5) is 0 Å². The van der Waals surface area contributed by atoms with Crippen LogP contribution in [0.2, 0.25) is 0 Å². The van der Waals surface area contributed by atoms with Gasteiger partial charge in [0.2, 0.25) is 5.91 Å². The van der Waals surface area contributed by atoms with E-state index in [1.807, 2.05) is 97.9 Å². The molecule has 0 radical (unpaired) electrons. The first-order chi connectivity index (χ1) is 16.2. The summed E-state index contributed by atoms with van der Waals surface area (Å²) in [6.07, 6.45) is 1.86. The molecule has 5 nitrogen and oxygen atoms in total. The van der Waals surface area contributed by atoms with Crippen LogP contribution in [-0.2, 0) is 17.8 Å². The van der Waals surface area contributed by atoms with Crippen molar-refractivity contribution in [3.63, 3.8) is 0 Å². The average Bonchev–Trinajstić information content (AvgIpc) is 2.85. The molecule has 0 aliphatic heterocycles. The van der Waals surface area contributed by atoms with Crippen LogP contribution in [0, 0.1) is 0 Å². The lowest BCUT2D eigenvalue weighted by molar-refractivity contribution is -0.120. The number of carbonyl (C=O) groups is 1. The van der Waals surface area contributed by atoms with Crippen molar-refractivity contribution >= 4 is 22.9 Å². The van der Waals surface area contributed by atoms with Gasteiger partial charge in [0.15, 0.2) is 11.5 Å². The highest BCUT2D eigenvalue weighted by Gasteiger charge is 2.08. The molecule has 0 aliphatic carbocycles. The smallest absolute Gasteiger partial charge is 0.244 e. The van der Waals surface area contributed by atoms with E-state index in [2.05, 4.69) is 10.5 Å². The molecule has 0 aliphatic rings. The van der Waals surface area contributed by atoms with Crippen LogP contribution >= 0.6 is 0 Å². The second-order valence-corrected chi connectivity index (χ2v) is 7.52.